The van der Waals surface area contributed by atoms with E-state index in [1.54, 1.807) is 0 Å². The van der Waals surface area contributed by atoms with Gasteiger partial charge in [0.1, 0.15) is 13.2 Å². The van der Waals surface area contributed by atoms with Crippen molar-refractivity contribution in [2.45, 2.75) is 38.6 Å². The number of carbonyl (C=O) groups is 3. The molecule has 0 spiro atoms. The van der Waals surface area contributed by atoms with E-state index in [9.17, 15) is 14.4 Å². The van der Waals surface area contributed by atoms with Crippen LogP contribution in [-0.4, -0.2) is 53.2 Å². The van der Waals surface area contributed by atoms with Gasteiger partial charge < -0.3 is 20.1 Å². The molecule has 4 rings (SSSR count). The van der Waals surface area contributed by atoms with Crippen LogP contribution in [0.2, 0.25) is 0 Å². The van der Waals surface area contributed by atoms with E-state index in [0.717, 1.165) is 11.1 Å². The molecule has 2 amide bonds. The molecule has 174 valence electrons. The summed E-state index contributed by atoms with van der Waals surface area (Å²) in [5.41, 5.74) is 4.07. The van der Waals surface area contributed by atoms with Crippen LogP contribution in [0.25, 0.3) is 11.1 Å². The molecule has 2 aromatic rings. The molecule has 0 radical (unpaired) electrons. The number of amides is 2. The lowest BCUT2D eigenvalue weighted by Crippen LogP contribution is -2.49. The van der Waals surface area contributed by atoms with Crippen LogP contribution in [0.1, 0.15) is 44.2 Å². The standard InChI is InChI=1S/C26H30N2O5/c1-26(2,3)28(14-23(29)30)24(31)21-12-16(21)13-27-25(32)33-15-22-19-10-6-4-8-17(19)18-9-5-7-11-20(18)22/h4-11,16,21-22H,12-15H2,1-3H3,(H,27,32)(H,29,30)/t16-,21-/m1/s1. The largest absolute Gasteiger partial charge is 0.480 e. The number of nitrogens with one attached hydrogen (secondary N) is 1. The summed E-state index contributed by atoms with van der Waals surface area (Å²) in [7, 11) is 0. The molecular weight excluding hydrogens is 420 g/mol. The van der Waals surface area contributed by atoms with Crippen LogP contribution in [0.15, 0.2) is 48.5 Å². The molecule has 2 aromatic carbocycles. The Bertz CT molecular complexity index is 1030. The van der Waals surface area contributed by atoms with Crippen molar-refractivity contribution in [3.8, 4) is 11.1 Å². The minimum absolute atomic E-state index is 0.00312. The number of alkyl carbamates (subject to hydrolysis) is 1. The molecule has 7 nitrogen and oxygen atoms in total. The Balaban J connectivity index is 1.29. The van der Waals surface area contributed by atoms with Crippen LogP contribution in [0.4, 0.5) is 4.79 Å². The smallest absolute Gasteiger partial charge is 0.407 e. The van der Waals surface area contributed by atoms with Gasteiger partial charge in [-0.2, -0.15) is 0 Å². The number of carboxylic acid groups (broad SMARTS) is 1. The van der Waals surface area contributed by atoms with Crippen molar-refractivity contribution in [3.63, 3.8) is 0 Å². The van der Waals surface area contributed by atoms with Gasteiger partial charge in [-0.3, -0.25) is 9.59 Å². The summed E-state index contributed by atoms with van der Waals surface area (Å²) in [6.45, 7) is 5.70. The fourth-order valence-electron chi connectivity index (χ4n) is 4.62. The van der Waals surface area contributed by atoms with E-state index in [-0.39, 0.29) is 36.8 Å². The maximum absolute atomic E-state index is 12.8. The zero-order valence-electron chi connectivity index (χ0n) is 19.2. The van der Waals surface area contributed by atoms with Gasteiger partial charge in [-0.05, 0) is 55.4 Å². The van der Waals surface area contributed by atoms with E-state index in [2.05, 4.69) is 29.6 Å². The molecule has 33 heavy (non-hydrogen) atoms. The molecule has 2 atom stereocenters. The summed E-state index contributed by atoms with van der Waals surface area (Å²) in [5, 5.41) is 11.9. The summed E-state index contributed by atoms with van der Waals surface area (Å²) in [6, 6.07) is 16.3. The second-order valence-corrected chi connectivity index (χ2v) is 9.80. The number of benzene rings is 2. The third-order valence-corrected chi connectivity index (χ3v) is 6.46. The van der Waals surface area contributed by atoms with Gasteiger partial charge in [0.2, 0.25) is 5.91 Å². The van der Waals surface area contributed by atoms with Gasteiger partial charge in [-0.25, -0.2) is 4.79 Å². The Kier molecular flexibility index (Phi) is 6.15. The summed E-state index contributed by atoms with van der Waals surface area (Å²) in [4.78, 5) is 37.7. The van der Waals surface area contributed by atoms with Gasteiger partial charge in [0, 0.05) is 23.9 Å². The summed E-state index contributed by atoms with van der Waals surface area (Å²) in [6.07, 6.45) is 0.127. The normalized spacial score (nSPS) is 18.8. The fraction of sp³-hybridized carbons (Fsp3) is 0.423. The van der Waals surface area contributed by atoms with E-state index < -0.39 is 17.6 Å². The molecule has 0 heterocycles. The Morgan fingerprint density at radius 1 is 1.03 bits per heavy atom. The Morgan fingerprint density at radius 3 is 2.15 bits per heavy atom. The van der Waals surface area contributed by atoms with Crippen LogP contribution in [0, 0.1) is 11.8 Å². The maximum Gasteiger partial charge on any atom is 0.407 e. The molecule has 2 N–H and O–H groups in total. The van der Waals surface area contributed by atoms with Gasteiger partial charge in [0.25, 0.3) is 0 Å². The SMILES string of the molecule is CC(C)(C)N(CC(=O)O)C(=O)[C@@H]1C[C@@H]1CNC(=O)OCC1c2ccccc2-c2ccccc21. The van der Waals surface area contributed by atoms with Gasteiger partial charge >= 0.3 is 12.1 Å². The number of hydrogen-bond acceptors (Lipinski definition) is 4. The number of ether oxygens (including phenoxy) is 1. The highest BCUT2D eigenvalue weighted by Gasteiger charge is 2.47. The summed E-state index contributed by atoms with van der Waals surface area (Å²) >= 11 is 0. The molecule has 0 bridgehead atoms. The van der Waals surface area contributed by atoms with Crippen LogP contribution in [-0.2, 0) is 14.3 Å². The van der Waals surface area contributed by atoms with Gasteiger partial charge in [0.05, 0.1) is 0 Å². The number of fused-ring (bicyclic) bond motifs is 3. The van der Waals surface area contributed by atoms with Crippen molar-refractivity contribution in [1.29, 1.82) is 0 Å². The zero-order chi connectivity index (χ0) is 23.8. The van der Waals surface area contributed by atoms with Crippen molar-refractivity contribution in [1.82, 2.24) is 10.2 Å². The van der Waals surface area contributed by atoms with Crippen molar-refractivity contribution >= 4 is 18.0 Å². The van der Waals surface area contributed by atoms with Crippen LogP contribution in [0.5, 0.6) is 0 Å². The molecular formula is C26H30N2O5. The molecule has 1 fully saturated rings. The maximum atomic E-state index is 12.8. The number of aliphatic carboxylic acids is 1. The van der Waals surface area contributed by atoms with Gasteiger partial charge in [-0.15, -0.1) is 0 Å². The van der Waals surface area contributed by atoms with Crippen molar-refractivity contribution in [2.75, 3.05) is 19.7 Å². The van der Waals surface area contributed by atoms with Crippen LogP contribution in [0.3, 0.4) is 0 Å². The van der Waals surface area contributed by atoms with Crippen LogP contribution >= 0.6 is 0 Å². The number of nitrogens with zero attached hydrogens (tertiary/aromatic N) is 1. The minimum atomic E-state index is -1.03. The van der Waals surface area contributed by atoms with Gasteiger partial charge in [0.15, 0.2) is 0 Å². The lowest BCUT2D eigenvalue weighted by atomic mass is 9.98. The predicted molar refractivity (Wildman–Crippen MR) is 124 cm³/mol. The molecule has 2 aliphatic carbocycles. The molecule has 1 saturated carbocycles. The summed E-state index contributed by atoms with van der Waals surface area (Å²) < 4.78 is 5.54. The molecule has 0 aliphatic heterocycles. The average Bonchev–Trinajstić information content (AvgIpc) is 3.48. The second kappa shape index (κ2) is 8.89. The van der Waals surface area contributed by atoms with E-state index in [1.165, 1.54) is 16.0 Å². The van der Waals surface area contributed by atoms with E-state index in [1.807, 2.05) is 45.0 Å². The highest BCUT2D eigenvalue weighted by atomic mass is 16.5. The van der Waals surface area contributed by atoms with Gasteiger partial charge in [-0.1, -0.05) is 48.5 Å². The Hall–Kier alpha value is -3.35. The number of rotatable bonds is 7. The first kappa shape index (κ1) is 22.8. The van der Waals surface area contributed by atoms with Crippen molar-refractivity contribution in [2.24, 2.45) is 11.8 Å². The highest BCUT2D eigenvalue weighted by molar-refractivity contribution is 5.86. The average molecular weight is 451 g/mol. The number of carboxylic acids is 1. The minimum Gasteiger partial charge on any atom is -0.480 e. The van der Waals surface area contributed by atoms with E-state index in [4.69, 9.17) is 9.84 Å². The number of hydrogen-bond donors (Lipinski definition) is 2. The first-order valence-electron chi connectivity index (χ1n) is 11.3. The fourth-order valence-corrected chi connectivity index (χ4v) is 4.62. The Labute approximate surface area is 193 Å². The van der Waals surface area contributed by atoms with E-state index in [0.29, 0.717) is 13.0 Å². The third kappa shape index (κ3) is 4.87. The first-order valence-corrected chi connectivity index (χ1v) is 11.3. The lowest BCUT2D eigenvalue weighted by molar-refractivity contribution is -0.149. The molecule has 2 aliphatic rings. The third-order valence-electron chi connectivity index (χ3n) is 6.46. The second-order valence-electron chi connectivity index (χ2n) is 9.80. The van der Waals surface area contributed by atoms with Crippen LogP contribution < -0.4 is 5.32 Å². The zero-order valence-corrected chi connectivity index (χ0v) is 19.2. The molecule has 0 aromatic heterocycles. The molecule has 7 heteroatoms. The Morgan fingerprint density at radius 2 is 1.61 bits per heavy atom. The number of carbonyl (C=O) groups excluding carboxylic acids is 2. The monoisotopic (exact) mass is 450 g/mol. The first-order chi connectivity index (χ1) is 15.7. The van der Waals surface area contributed by atoms with Crippen molar-refractivity contribution in [3.05, 3.63) is 59.7 Å². The quantitative estimate of drug-likeness (QED) is 0.668. The molecule has 0 saturated heterocycles. The molecule has 0 unspecified atom stereocenters. The highest BCUT2D eigenvalue weighted by Crippen LogP contribution is 2.44. The van der Waals surface area contributed by atoms with E-state index >= 15 is 0 Å². The van der Waals surface area contributed by atoms with Crippen molar-refractivity contribution < 1.29 is 24.2 Å². The predicted octanol–water partition coefficient (Wildman–Crippen LogP) is 3.87. The lowest BCUT2D eigenvalue weighted by Gasteiger charge is -2.34. The topological polar surface area (TPSA) is 95.9 Å². The summed E-state index contributed by atoms with van der Waals surface area (Å²) in [5.74, 6) is -1.49.